The molecule has 0 aliphatic carbocycles. The fraction of sp³-hybridized carbons (Fsp3) is 0.438. The molecule has 0 saturated heterocycles. The predicted octanol–water partition coefficient (Wildman–Crippen LogP) is 2.43. The number of esters is 1. The second-order valence-electron chi connectivity index (χ2n) is 5.06. The maximum atomic E-state index is 12.1. The van der Waals surface area contributed by atoms with Gasteiger partial charge in [0.15, 0.2) is 9.84 Å². The Balaban J connectivity index is 2.45. The van der Waals surface area contributed by atoms with Crippen molar-refractivity contribution >= 4 is 15.8 Å². The summed E-state index contributed by atoms with van der Waals surface area (Å²) in [4.78, 5) is 11.5. The highest BCUT2D eigenvalue weighted by atomic mass is 32.2. The number of hydrogen-bond acceptors (Lipinski definition) is 6. The van der Waals surface area contributed by atoms with Crippen LogP contribution in [0.5, 0.6) is 5.75 Å². The fourth-order valence-corrected chi connectivity index (χ4v) is 2.97. The Morgan fingerprint density at radius 2 is 1.91 bits per heavy atom. The van der Waals surface area contributed by atoms with Crippen LogP contribution < -0.4 is 0 Å². The molecule has 0 aliphatic rings. The van der Waals surface area contributed by atoms with E-state index in [9.17, 15) is 18.3 Å². The van der Waals surface area contributed by atoms with E-state index in [-0.39, 0.29) is 35.0 Å². The van der Waals surface area contributed by atoms with Crippen molar-refractivity contribution in [2.45, 2.75) is 37.9 Å². The second-order valence-corrected chi connectivity index (χ2v) is 7.17. The SMILES string of the molecule is C=C(C)C(=O)OC(CC)OCCCS(=O)(=O)c1ccc(O)cc1. The Bertz CT molecular complexity index is 633. The van der Waals surface area contributed by atoms with Gasteiger partial charge in [0.05, 0.1) is 17.3 Å². The zero-order valence-electron chi connectivity index (χ0n) is 13.3. The van der Waals surface area contributed by atoms with E-state index < -0.39 is 22.1 Å². The third-order valence-corrected chi connectivity index (χ3v) is 4.79. The standard InChI is InChI=1S/C16H22O6S/c1-4-15(22-16(18)12(2)3)21-10-5-11-23(19,20)14-8-6-13(17)7-9-14/h6-9,15,17H,2,4-5,10-11H2,1,3H3. The minimum Gasteiger partial charge on any atom is -0.508 e. The molecule has 0 saturated carbocycles. The summed E-state index contributed by atoms with van der Waals surface area (Å²) in [6, 6.07) is 5.37. The number of ether oxygens (including phenoxy) is 2. The van der Waals surface area contributed by atoms with Crippen molar-refractivity contribution in [2.75, 3.05) is 12.4 Å². The van der Waals surface area contributed by atoms with Gasteiger partial charge in [-0.25, -0.2) is 13.2 Å². The van der Waals surface area contributed by atoms with Crippen LogP contribution in [0.1, 0.15) is 26.7 Å². The molecule has 7 heteroatoms. The summed E-state index contributed by atoms with van der Waals surface area (Å²) in [5.41, 5.74) is 0.280. The highest BCUT2D eigenvalue weighted by molar-refractivity contribution is 7.91. The van der Waals surface area contributed by atoms with Crippen molar-refractivity contribution in [3.63, 3.8) is 0 Å². The summed E-state index contributed by atoms with van der Waals surface area (Å²) >= 11 is 0. The molecule has 1 aromatic rings. The smallest absolute Gasteiger partial charge is 0.335 e. The van der Waals surface area contributed by atoms with E-state index >= 15 is 0 Å². The molecule has 0 bridgehead atoms. The third kappa shape index (κ3) is 6.42. The van der Waals surface area contributed by atoms with Gasteiger partial charge in [-0.2, -0.15) is 0 Å². The van der Waals surface area contributed by atoms with Crippen molar-refractivity contribution in [1.29, 1.82) is 0 Å². The van der Waals surface area contributed by atoms with E-state index in [0.717, 1.165) is 0 Å². The number of benzene rings is 1. The molecule has 1 unspecified atom stereocenters. The minimum absolute atomic E-state index is 0.0115. The van der Waals surface area contributed by atoms with Gasteiger partial charge >= 0.3 is 5.97 Å². The van der Waals surface area contributed by atoms with Gasteiger partial charge in [0.1, 0.15) is 5.75 Å². The summed E-state index contributed by atoms with van der Waals surface area (Å²) in [6.45, 7) is 6.97. The summed E-state index contributed by atoms with van der Waals surface area (Å²) in [6.07, 6.45) is 0.0178. The molecule has 23 heavy (non-hydrogen) atoms. The Morgan fingerprint density at radius 1 is 1.30 bits per heavy atom. The Kier molecular flexibility index (Phi) is 7.25. The lowest BCUT2D eigenvalue weighted by Crippen LogP contribution is -2.22. The lowest BCUT2D eigenvalue weighted by atomic mass is 10.3. The molecule has 0 radical (unpaired) electrons. The number of aromatic hydroxyl groups is 1. The van der Waals surface area contributed by atoms with E-state index in [1.165, 1.54) is 24.3 Å². The molecular weight excluding hydrogens is 320 g/mol. The fourth-order valence-electron chi connectivity index (χ4n) is 1.69. The Labute approximate surface area is 136 Å². The van der Waals surface area contributed by atoms with Crippen molar-refractivity contribution in [3.8, 4) is 5.75 Å². The van der Waals surface area contributed by atoms with Gasteiger partial charge in [0.2, 0.25) is 6.29 Å². The van der Waals surface area contributed by atoms with Gasteiger partial charge in [-0.1, -0.05) is 13.5 Å². The topological polar surface area (TPSA) is 89.9 Å². The first-order valence-electron chi connectivity index (χ1n) is 7.26. The van der Waals surface area contributed by atoms with Crippen LogP contribution in [0.15, 0.2) is 41.3 Å². The lowest BCUT2D eigenvalue weighted by molar-refractivity contribution is -0.174. The molecule has 1 rings (SSSR count). The van der Waals surface area contributed by atoms with Crippen LogP contribution in [0.3, 0.4) is 0 Å². The van der Waals surface area contributed by atoms with Gasteiger partial charge in [0.25, 0.3) is 0 Å². The van der Waals surface area contributed by atoms with E-state index in [0.29, 0.717) is 6.42 Å². The first kappa shape index (κ1) is 19.2. The molecule has 0 aromatic heterocycles. The highest BCUT2D eigenvalue weighted by Gasteiger charge is 2.16. The lowest BCUT2D eigenvalue weighted by Gasteiger charge is -2.16. The number of phenols is 1. The third-order valence-electron chi connectivity index (χ3n) is 2.98. The molecule has 0 heterocycles. The summed E-state index contributed by atoms with van der Waals surface area (Å²) in [7, 11) is -3.43. The molecule has 0 aliphatic heterocycles. The summed E-state index contributed by atoms with van der Waals surface area (Å²) in [5.74, 6) is -0.617. The molecule has 1 aromatic carbocycles. The average molecular weight is 342 g/mol. The second kappa shape index (κ2) is 8.69. The van der Waals surface area contributed by atoms with Crippen LogP contribution in [0.2, 0.25) is 0 Å². The Morgan fingerprint density at radius 3 is 2.43 bits per heavy atom. The van der Waals surface area contributed by atoms with Crippen LogP contribution in [0, 0.1) is 0 Å². The summed E-state index contributed by atoms with van der Waals surface area (Å²) in [5, 5.41) is 9.17. The first-order chi connectivity index (χ1) is 10.8. The summed E-state index contributed by atoms with van der Waals surface area (Å²) < 4.78 is 34.6. The largest absolute Gasteiger partial charge is 0.508 e. The molecular formula is C16H22O6S. The predicted molar refractivity (Wildman–Crippen MR) is 85.7 cm³/mol. The maximum absolute atomic E-state index is 12.1. The average Bonchev–Trinajstić information content (AvgIpc) is 2.50. The number of sulfone groups is 1. The number of rotatable bonds is 9. The van der Waals surface area contributed by atoms with E-state index in [1.807, 2.05) is 0 Å². The van der Waals surface area contributed by atoms with Gasteiger partial charge in [-0.05, 0) is 37.6 Å². The number of carbonyl (C=O) groups is 1. The minimum atomic E-state index is -3.43. The van der Waals surface area contributed by atoms with Crippen LogP contribution in [0.25, 0.3) is 0 Å². The monoisotopic (exact) mass is 342 g/mol. The zero-order valence-corrected chi connectivity index (χ0v) is 14.1. The van der Waals surface area contributed by atoms with Crippen molar-refractivity contribution in [1.82, 2.24) is 0 Å². The molecule has 1 N–H and O–H groups in total. The molecule has 1 atom stereocenters. The number of carbonyl (C=O) groups excluding carboxylic acids is 1. The molecule has 128 valence electrons. The van der Waals surface area contributed by atoms with Crippen LogP contribution in [0.4, 0.5) is 0 Å². The van der Waals surface area contributed by atoms with Crippen molar-refractivity contribution in [2.24, 2.45) is 0 Å². The molecule has 0 amide bonds. The number of hydrogen-bond donors (Lipinski definition) is 1. The van der Waals surface area contributed by atoms with Gasteiger partial charge in [0, 0.05) is 12.0 Å². The van der Waals surface area contributed by atoms with Crippen molar-refractivity contribution in [3.05, 3.63) is 36.4 Å². The van der Waals surface area contributed by atoms with Gasteiger partial charge < -0.3 is 14.6 Å². The quantitative estimate of drug-likeness (QED) is 0.321. The number of phenolic OH excluding ortho intramolecular Hbond substituents is 1. The molecule has 0 spiro atoms. The zero-order chi connectivity index (χ0) is 17.5. The Hall–Kier alpha value is -1.86. The normalized spacial score (nSPS) is 12.6. The van der Waals surface area contributed by atoms with Crippen LogP contribution in [-0.4, -0.2) is 38.1 Å². The van der Waals surface area contributed by atoms with E-state index in [1.54, 1.807) is 13.8 Å². The van der Waals surface area contributed by atoms with Crippen LogP contribution >= 0.6 is 0 Å². The molecule has 6 nitrogen and oxygen atoms in total. The van der Waals surface area contributed by atoms with E-state index in [2.05, 4.69) is 6.58 Å². The van der Waals surface area contributed by atoms with Gasteiger partial charge in [-0.15, -0.1) is 0 Å². The maximum Gasteiger partial charge on any atom is 0.335 e. The van der Waals surface area contributed by atoms with E-state index in [4.69, 9.17) is 9.47 Å². The van der Waals surface area contributed by atoms with Crippen LogP contribution in [-0.2, 0) is 24.1 Å². The highest BCUT2D eigenvalue weighted by Crippen LogP contribution is 2.16. The van der Waals surface area contributed by atoms with Crippen molar-refractivity contribution < 1.29 is 27.8 Å². The van der Waals surface area contributed by atoms with Gasteiger partial charge in [-0.3, -0.25) is 0 Å². The molecule has 0 fully saturated rings. The first-order valence-corrected chi connectivity index (χ1v) is 8.91.